The first kappa shape index (κ1) is 19.4. The number of nitro benzene ring substituents is 1. The number of hydrogen-bond acceptors (Lipinski definition) is 6. The van der Waals surface area contributed by atoms with Crippen LogP contribution in [0.1, 0.15) is 18.9 Å². The van der Waals surface area contributed by atoms with Crippen LogP contribution in [0.2, 0.25) is 5.02 Å². The van der Waals surface area contributed by atoms with Crippen molar-refractivity contribution in [1.29, 1.82) is 0 Å². The number of non-ortho nitro benzene ring substituents is 1. The molecular formula is C19H15ClN4O4S. The maximum atomic E-state index is 12.8. The highest BCUT2D eigenvalue weighted by molar-refractivity contribution is 7.99. The number of benzene rings is 2. The Bertz CT molecular complexity index is 1190. The normalized spacial score (nSPS) is 13.4. The van der Waals surface area contributed by atoms with Gasteiger partial charge in [0, 0.05) is 18.2 Å². The highest BCUT2D eigenvalue weighted by Crippen LogP contribution is 2.37. The summed E-state index contributed by atoms with van der Waals surface area (Å²) in [4.78, 5) is 40.1. The van der Waals surface area contributed by atoms with Crippen LogP contribution < -0.4 is 10.9 Å². The van der Waals surface area contributed by atoms with Gasteiger partial charge >= 0.3 is 0 Å². The number of aromatic nitrogens is 2. The molecule has 3 aromatic rings. The molecule has 1 fully saturated rings. The molecule has 0 atom stereocenters. The van der Waals surface area contributed by atoms with E-state index in [0.29, 0.717) is 16.1 Å². The first-order valence-electron chi connectivity index (χ1n) is 8.82. The molecular weight excluding hydrogens is 416 g/mol. The fourth-order valence-electron chi connectivity index (χ4n) is 2.92. The van der Waals surface area contributed by atoms with Crippen molar-refractivity contribution < 1.29 is 9.72 Å². The molecule has 1 aliphatic carbocycles. The van der Waals surface area contributed by atoms with Gasteiger partial charge in [-0.1, -0.05) is 35.5 Å². The van der Waals surface area contributed by atoms with Crippen LogP contribution >= 0.6 is 23.4 Å². The van der Waals surface area contributed by atoms with E-state index in [0.717, 1.165) is 24.6 Å². The number of thioether (sulfide) groups is 1. The lowest BCUT2D eigenvalue weighted by Crippen LogP contribution is -2.23. The van der Waals surface area contributed by atoms with Crippen LogP contribution in [0.3, 0.4) is 0 Å². The highest BCUT2D eigenvalue weighted by atomic mass is 35.5. The van der Waals surface area contributed by atoms with E-state index in [-0.39, 0.29) is 33.8 Å². The summed E-state index contributed by atoms with van der Waals surface area (Å²) in [5, 5.41) is 14.7. The van der Waals surface area contributed by atoms with Crippen LogP contribution in [-0.2, 0) is 4.79 Å². The summed E-state index contributed by atoms with van der Waals surface area (Å²) >= 11 is 7.17. The van der Waals surface area contributed by atoms with Crippen molar-refractivity contribution in [3.63, 3.8) is 0 Å². The number of carbonyl (C=O) groups is 1. The average molecular weight is 431 g/mol. The minimum atomic E-state index is -0.561. The standard InChI is InChI=1S/C19H15ClN4O4S/c20-14-8-7-12(24(27)28)9-16(14)21-17(25)10-29-19-22-15-4-2-1-3-13(15)18(26)23(19)11-5-6-11/h1-4,7-9,11H,5-6,10H2,(H,21,25). The lowest BCUT2D eigenvalue weighted by molar-refractivity contribution is -0.384. The second kappa shape index (κ2) is 7.84. The van der Waals surface area contributed by atoms with Gasteiger partial charge in [-0.3, -0.25) is 24.3 Å². The zero-order valence-corrected chi connectivity index (χ0v) is 16.6. The lowest BCUT2D eigenvalue weighted by atomic mass is 10.2. The Morgan fingerprint density at radius 3 is 2.79 bits per heavy atom. The first-order chi connectivity index (χ1) is 13.9. The Morgan fingerprint density at radius 2 is 2.07 bits per heavy atom. The molecule has 0 radical (unpaired) electrons. The number of nitrogens with zero attached hydrogens (tertiary/aromatic N) is 3. The number of para-hydroxylation sites is 1. The topological polar surface area (TPSA) is 107 Å². The quantitative estimate of drug-likeness (QED) is 0.274. The maximum absolute atomic E-state index is 12.8. The Morgan fingerprint density at radius 1 is 1.31 bits per heavy atom. The molecule has 1 amide bonds. The monoisotopic (exact) mass is 430 g/mol. The van der Waals surface area contributed by atoms with E-state index >= 15 is 0 Å². The van der Waals surface area contributed by atoms with Gasteiger partial charge in [0.1, 0.15) is 0 Å². The van der Waals surface area contributed by atoms with E-state index in [2.05, 4.69) is 10.3 Å². The first-order valence-corrected chi connectivity index (χ1v) is 10.2. The molecule has 0 bridgehead atoms. The fourth-order valence-corrected chi connectivity index (χ4v) is 3.95. The number of fused-ring (bicyclic) bond motifs is 1. The van der Waals surface area contributed by atoms with Gasteiger partial charge in [0.2, 0.25) is 5.91 Å². The molecule has 29 heavy (non-hydrogen) atoms. The number of amides is 1. The smallest absolute Gasteiger partial charge is 0.271 e. The summed E-state index contributed by atoms with van der Waals surface area (Å²) in [7, 11) is 0. The molecule has 8 nitrogen and oxygen atoms in total. The number of halogens is 1. The minimum absolute atomic E-state index is 0.0173. The van der Waals surface area contributed by atoms with Crippen LogP contribution in [-0.4, -0.2) is 26.1 Å². The number of hydrogen-bond donors (Lipinski definition) is 1. The van der Waals surface area contributed by atoms with Crippen molar-refractivity contribution in [3.05, 3.63) is 68.0 Å². The number of anilines is 1. The largest absolute Gasteiger partial charge is 0.324 e. The van der Waals surface area contributed by atoms with Gasteiger partial charge in [-0.25, -0.2) is 4.98 Å². The Kier molecular flexibility index (Phi) is 5.25. The second-order valence-electron chi connectivity index (χ2n) is 6.58. The molecule has 0 unspecified atom stereocenters. The highest BCUT2D eigenvalue weighted by Gasteiger charge is 2.28. The van der Waals surface area contributed by atoms with Gasteiger partial charge in [-0.05, 0) is 31.0 Å². The van der Waals surface area contributed by atoms with Gasteiger partial charge in [-0.2, -0.15) is 0 Å². The van der Waals surface area contributed by atoms with Crippen molar-refractivity contribution in [2.45, 2.75) is 24.0 Å². The number of rotatable bonds is 6. The van der Waals surface area contributed by atoms with Gasteiger partial charge in [0.25, 0.3) is 11.2 Å². The molecule has 1 saturated carbocycles. The molecule has 4 rings (SSSR count). The molecule has 1 N–H and O–H groups in total. The summed E-state index contributed by atoms with van der Waals surface area (Å²) in [6.07, 6.45) is 1.81. The molecule has 1 heterocycles. The zero-order chi connectivity index (χ0) is 20.5. The van der Waals surface area contributed by atoms with Gasteiger partial charge in [-0.15, -0.1) is 0 Å². The molecule has 0 saturated heterocycles. The molecule has 0 aliphatic heterocycles. The van der Waals surface area contributed by atoms with Crippen LogP contribution in [0.5, 0.6) is 0 Å². The third-order valence-electron chi connectivity index (χ3n) is 4.45. The number of carbonyl (C=O) groups excluding carboxylic acids is 1. The van der Waals surface area contributed by atoms with Gasteiger partial charge in [0.15, 0.2) is 5.16 Å². The fraction of sp³-hybridized carbons (Fsp3) is 0.211. The number of nitrogens with one attached hydrogen (secondary N) is 1. The zero-order valence-electron chi connectivity index (χ0n) is 15.0. The summed E-state index contributed by atoms with van der Waals surface area (Å²) in [5.74, 6) is -0.418. The predicted octanol–water partition coefficient (Wildman–Crippen LogP) is 4.02. The summed E-state index contributed by atoms with van der Waals surface area (Å²) < 4.78 is 1.65. The maximum Gasteiger partial charge on any atom is 0.271 e. The molecule has 1 aromatic heterocycles. The van der Waals surface area contributed by atoms with Crippen molar-refractivity contribution >= 4 is 51.5 Å². The summed E-state index contributed by atoms with van der Waals surface area (Å²) in [6.45, 7) is 0. The Hall–Kier alpha value is -2.91. The predicted molar refractivity (Wildman–Crippen MR) is 112 cm³/mol. The van der Waals surface area contributed by atoms with E-state index in [1.165, 1.54) is 18.2 Å². The van der Waals surface area contributed by atoms with Crippen molar-refractivity contribution in [3.8, 4) is 0 Å². The van der Waals surface area contributed by atoms with E-state index in [4.69, 9.17) is 11.6 Å². The summed E-state index contributed by atoms with van der Waals surface area (Å²) in [6, 6.07) is 11.1. The van der Waals surface area contributed by atoms with Crippen LogP contribution in [0.15, 0.2) is 52.4 Å². The number of nitro groups is 1. The Labute approximate surface area is 174 Å². The second-order valence-corrected chi connectivity index (χ2v) is 7.93. The molecule has 2 aromatic carbocycles. The van der Waals surface area contributed by atoms with E-state index in [1.54, 1.807) is 22.8 Å². The van der Waals surface area contributed by atoms with E-state index < -0.39 is 10.8 Å². The third kappa shape index (κ3) is 4.10. The van der Waals surface area contributed by atoms with E-state index in [1.807, 2.05) is 6.07 Å². The molecule has 10 heteroatoms. The minimum Gasteiger partial charge on any atom is -0.324 e. The Balaban J connectivity index is 1.55. The molecule has 1 aliphatic rings. The molecule has 0 spiro atoms. The van der Waals surface area contributed by atoms with Crippen LogP contribution in [0, 0.1) is 10.1 Å². The van der Waals surface area contributed by atoms with Crippen LogP contribution in [0.4, 0.5) is 11.4 Å². The third-order valence-corrected chi connectivity index (χ3v) is 5.74. The summed E-state index contributed by atoms with van der Waals surface area (Å²) in [5.41, 5.74) is 0.468. The molecule has 148 valence electrons. The SMILES string of the molecule is O=C(CSc1nc2ccccc2c(=O)n1C1CC1)Nc1cc([N+](=O)[O-])ccc1Cl. The van der Waals surface area contributed by atoms with Crippen molar-refractivity contribution in [1.82, 2.24) is 9.55 Å². The van der Waals surface area contributed by atoms with Crippen LogP contribution in [0.25, 0.3) is 10.9 Å². The van der Waals surface area contributed by atoms with Gasteiger partial charge in [0.05, 0.1) is 32.3 Å². The van der Waals surface area contributed by atoms with Gasteiger partial charge < -0.3 is 5.32 Å². The van der Waals surface area contributed by atoms with Crippen molar-refractivity contribution in [2.24, 2.45) is 0 Å². The lowest BCUT2D eigenvalue weighted by Gasteiger charge is -2.12. The average Bonchev–Trinajstić information content (AvgIpc) is 3.53. The van der Waals surface area contributed by atoms with Crippen molar-refractivity contribution in [2.75, 3.05) is 11.1 Å². The van der Waals surface area contributed by atoms with E-state index in [9.17, 15) is 19.7 Å².